The second-order valence-electron chi connectivity index (χ2n) is 6.49. The number of benzene rings is 3. The molecule has 0 bridgehead atoms. The van der Waals surface area contributed by atoms with Crippen molar-refractivity contribution in [3.05, 3.63) is 90.0 Å². The van der Waals surface area contributed by atoms with E-state index in [1.807, 2.05) is 37.3 Å². The lowest BCUT2D eigenvalue weighted by molar-refractivity contribution is -0.123. The number of anilines is 1. The van der Waals surface area contributed by atoms with Crippen LogP contribution in [0.25, 0.3) is 0 Å². The molecular formula is C24H24N2O4. The average molecular weight is 404 g/mol. The Kier molecular flexibility index (Phi) is 7.44. The van der Waals surface area contributed by atoms with Crippen LogP contribution in [0.2, 0.25) is 0 Å². The normalized spacial score (nSPS) is 10.2. The third-order valence-corrected chi connectivity index (χ3v) is 4.20. The minimum absolute atomic E-state index is 0.124. The van der Waals surface area contributed by atoms with E-state index in [0.717, 1.165) is 11.3 Å². The minimum atomic E-state index is -0.240. The summed E-state index contributed by atoms with van der Waals surface area (Å²) >= 11 is 0. The van der Waals surface area contributed by atoms with Crippen molar-refractivity contribution in [3.8, 4) is 11.5 Å². The molecule has 0 fully saturated rings. The van der Waals surface area contributed by atoms with Crippen LogP contribution in [0.3, 0.4) is 0 Å². The molecule has 6 nitrogen and oxygen atoms in total. The van der Waals surface area contributed by atoms with Crippen molar-refractivity contribution in [1.29, 1.82) is 0 Å². The number of hydrogen-bond donors (Lipinski definition) is 2. The highest BCUT2D eigenvalue weighted by Gasteiger charge is 2.07. The fourth-order valence-electron chi connectivity index (χ4n) is 2.77. The van der Waals surface area contributed by atoms with Crippen molar-refractivity contribution in [1.82, 2.24) is 5.32 Å². The molecule has 0 radical (unpaired) electrons. The van der Waals surface area contributed by atoms with Gasteiger partial charge in [0.25, 0.3) is 11.8 Å². The van der Waals surface area contributed by atoms with Crippen LogP contribution in [0.1, 0.15) is 22.8 Å². The highest BCUT2D eigenvalue weighted by molar-refractivity contribution is 6.04. The summed E-state index contributed by atoms with van der Waals surface area (Å²) < 4.78 is 11.0. The van der Waals surface area contributed by atoms with Gasteiger partial charge >= 0.3 is 0 Å². The van der Waals surface area contributed by atoms with Gasteiger partial charge in [0.15, 0.2) is 6.61 Å². The van der Waals surface area contributed by atoms with Crippen molar-refractivity contribution >= 4 is 17.5 Å². The first kappa shape index (κ1) is 20.9. The Morgan fingerprint density at radius 1 is 0.833 bits per heavy atom. The molecule has 30 heavy (non-hydrogen) atoms. The Balaban J connectivity index is 1.48. The molecule has 0 heterocycles. The van der Waals surface area contributed by atoms with Gasteiger partial charge in [-0.25, -0.2) is 0 Å². The van der Waals surface area contributed by atoms with Gasteiger partial charge in [-0.05, 0) is 48.9 Å². The lowest BCUT2D eigenvalue weighted by Crippen LogP contribution is -2.28. The number of carbonyl (C=O) groups excluding carboxylic acids is 2. The van der Waals surface area contributed by atoms with Gasteiger partial charge in [0.05, 0.1) is 6.61 Å². The van der Waals surface area contributed by atoms with Crippen molar-refractivity contribution in [2.45, 2.75) is 13.5 Å². The van der Waals surface area contributed by atoms with E-state index in [9.17, 15) is 9.59 Å². The first-order chi connectivity index (χ1) is 14.6. The maximum Gasteiger partial charge on any atom is 0.258 e. The summed E-state index contributed by atoms with van der Waals surface area (Å²) in [6.45, 7) is 2.78. The molecule has 0 atom stereocenters. The molecule has 3 aromatic carbocycles. The van der Waals surface area contributed by atoms with E-state index < -0.39 is 0 Å². The lowest BCUT2D eigenvalue weighted by Gasteiger charge is -2.10. The number of nitrogens with one attached hydrogen (secondary N) is 2. The van der Waals surface area contributed by atoms with Crippen LogP contribution in [0, 0.1) is 0 Å². The summed E-state index contributed by atoms with van der Waals surface area (Å²) in [6, 6.07) is 23.5. The Hall–Kier alpha value is -3.80. The predicted molar refractivity (Wildman–Crippen MR) is 116 cm³/mol. The summed E-state index contributed by atoms with van der Waals surface area (Å²) in [5.41, 5.74) is 2.10. The van der Waals surface area contributed by atoms with Crippen LogP contribution in [0.15, 0.2) is 78.9 Å². The van der Waals surface area contributed by atoms with E-state index in [1.165, 1.54) is 0 Å². The molecule has 3 rings (SSSR count). The minimum Gasteiger partial charge on any atom is -0.494 e. The van der Waals surface area contributed by atoms with Crippen LogP contribution >= 0.6 is 0 Å². The van der Waals surface area contributed by atoms with Crippen molar-refractivity contribution in [2.75, 3.05) is 18.5 Å². The van der Waals surface area contributed by atoms with Crippen LogP contribution < -0.4 is 20.1 Å². The van der Waals surface area contributed by atoms with E-state index in [-0.39, 0.29) is 18.4 Å². The summed E-state index contributed by atoms with van der Waals surface area (Å²) in [5.74, 6) is 0.819. The molecule has 3 aromatic rings. The largest absolute Gasteiger partial charge is 0.494 e. The maximum atomic E-state index is 12.3. The quantitative estimate of drug-likeness (QED) is 0.565. The molecule has 0 spiro atoms. The highest BCUT2D eigenvalue weighted by atomic mass is 16.5. The smallest absolute Gasteiger partial charge is 0.258 e. The summed E-state index contributed by atoms with van der Waals surface area (Å²) in [4.78, 5) is 24.4. The zero-order valence-corrected chi connectivity index (χ0v) is 16.8. The molecule has 0 aliphatic carbocycles. The van der Waals surface area contributed by atoms with Gasteiger partial charge in [-0.15, -0.1) is 0 Å². The Bertz CT molecular complexity index is 989. The molecule has 2 N–H and O–H groups in total. The molecule has 0 aliphatic heterocycles. The van der Waals surface area contributed by atoms with Gasteiger partial charge in [0.1, 0.15) is 11.5 Å². The van der Waals surface area contributed by atoms with Gasteiger partial charge in [-0.2, -0.15) is 0 Å². The van der Waals surface area contributed by atoms with Crippen molar-refractivity contribution in [2.24, 2.45) is 0 Å². The fraction of sp³-hybridized carbons (Fsp3) is 0.167. The topological polar surface area (TPSA) is 76.7 Å². The van der Waals surface area contributed by atoms with Crippen molar-refractivity contribution in [3.63, 3.8) is 0 Å². The molecule has 0 unspecified atom stereocenters. The number of ether oxygens (including phenoxy) is 2. The summed E-state index contributed by atoms with van der Waals surface area (Å²) in [5, 5.41) is 5.63. The molecule has 6 heteroatoms. The molecule has 0 aliphatic rings. The molecule has 154 valence electrons. The molecule has 0 aromatic heterocycles. The Morgan fingerprint density at radius 3 is 2.33 bits per heavy atom. The standard InChI is InChI=1S/C24H24N2O4/c1-2-29-21-12-6-8-18(14-21)16-25-23(27)17-30-22-13-7-11-20(15-22)26-24(28)19-9-4-3-5-10-19/h3-15H,2,16-17H2,1H3,(H,25,27)(H,26,28). The maximum absolute atomic E-state index is 12.3. The molecule has 0 saturated heterocycles. The second kappa shape index (κ2) is 10.7. The Labute approximate surface area is 175 Å². The summed E-state index contributed by atoms with van der Waals surface area (Å²) in [7, 11) is 0. The lowest BCUT2D eigenvalue weighted by atomic mass is 10.2. The van der Waals surface area contributed by atoms with Gasteiger partial charge in [-0.1, -0.05) is 36.4 Å². The molecule has 0 saturated carbocycles. The van der Waals surface area contributed by atoms with E-state index in [4.69, 9.17) is 9.47 Å². The zero-order valence-electron chi connectivity index (χ0n) is 16.8. The highest BCUT2D eigenvalue weighted by Crippen LogP contribution is 2.18. The fourth-order valence-corrected chi connectivity index (χ4v) is 2.77. The number of amides is 2. The number of carbonyl (C=O) groups is 2. The number of rotatable bonds is 9. The Morgan fingerprint density at radius 2 is 1.57 bits per heavy atom. The zero-order chi connectivity index (χ0) is 21.2. The van der Waals surface area contributed by atoms with E-state index >= 15 is 0 Å². The monoisotopic (exact) mass is 404 g/mol. The van der Waals surface area contributed by atoms with Gasteiger partial charge < -0.3 is 20.1 Å². The van der Waals surface area contributed by atoms with E-state index in [2.05, 4.69) is 10.6 Å². The van der Waals surface area contributed by atoms with E-state index in [0.29, 0.717) is 30.2 Å². The van der Waals surface area contributed by atoms with Crippen LogP contribution in [-0.4, -0.2) is 25.0 Å². The van der Waals surface area contributed by atoms with Crippen LogP contribution in [0.5, 0.6) is 11.5 Å². The third-order valence-electron chi connectivity index (χ3n) is 4.20. The van der Waals surface area contributed by atoms with Crippen molar-refractivity contribution < 1.29 is 19.1 Å². The first-order valence-corrected chi connectivity index (χ1v) is 9.72. The summed E-state index contributed by atoms with van der Waals surface area (Å²) in [6.07, 6.45) is 0. The first-order valence-electron chi connectivity index (χ1n) is 9.72. The van der Waals surface area contributed by atoms with Crippen LogP contribution in [0.4, 0.5) is 5.69 Å². The predicted octanol–water partition coefficient (Wildman–Crippen LogP) is 4.03. The molecule has 2 amide bonds. The SMILES string of the molecule is CCOc1cccc(CNC(=O)COc2cccc(NC(=O)c3ccccc3)c2)c1. The second-order valence-corrected chi connectivity index (χ2v) is 6.49. The van der Waals surface area contributed by atoms with E-state index in [1.54, 1.807) is 48.5 Å². The van der Waals surface area contributed by atoms with Crippen LogP contribution in [-0.2, 0) is 11.3 Å². The average Bonchev–Trinajstić information content (AvgIpc) is 2.78. The number of hydrogen-bond acceptors (Lipinski definition) is 4. The molecular weight excluding hydrogens is 380 g/mol. The third kappa shape index (κ3) is 6.38. The van der Waals surface area contributed by atoms with Gasteiger partial charge in [0, 0.05) is 23.9 Å². The van der Waals surface area contributed by atoms with Gasteiger partial charge in [0.2, 0.25) is 0 Å². The van der Waals surface area contributed by atoms with Gasteiger partial charge in [-0.3, -0.25) is 9.59 Å².